The molecule has 1 aromatic carbocycles. The Labute approximate surface area is 114 Å². The molecule has 0 radical (unpaired) electrons. The Bertz CT molecular complexity index is 431. The van der Waals surface area contributed by atoms with E-state index in [-0.39, 0.29) is 18.5 Å². The topological polar surface area (TPSA) is 52.6 Å². The van der Waals surface area contributed by atoms with E-state index in [0.717, 1.165) is 10.0 Å². The van der Waals surface area contributed by atoms with Gasteiger partial charge in [0.1, 0.15) is 6.10 Å². The summed E-state index contributed by atoms with van der Waals surface area (Å²) >= 11 is 3.36. The molecule has 0 amide bonds. The summed E-state index contributed by atoms with van der Waals surface area (Å²) in [6.45, 7) is 2.93. The summed E-state index contributed by atoms with van der Waals surface area (Å²) in [6, 6.07) is 7.50. The van der Waals surface area contributed by atoms with Crippen molar-refractivity contribution < 1.29 is 19.1 Å². The number of carbonyl (C=O) groups excluding carboxylic acids is 2. The minimum atomic E-state index is -0.403. The van der Waals surface area contributed by atoms with Crippen LogP contribution in [0.4, 0.5) is 0 Å². The van der Waals surface area contributed by atoms with Crippen molar-refractivity contribution >= 4 is 27.9 Å². The number of rotatable bonds is 5. The van der Waals surface area contributed by atoms with Gasteiger partial charge in [-0.2, -0.15) is 0 Å². The molecule has 0 saturated heterocycles. The molecule has 0 N–H and O–H groups in total. The lowest BCUT2D eigenvalue weighted by atomic mass is 10.1. The van der Waals surface area contributed by atoms with Gasteiger partial charge in [-0.3, -0.25) is 9.59 Å². The van der Waals surface area contributed by atoms with Crippen molar-refractivity contribution in [1.82, 2.24) is 0 Å². The van der Waals surface area contributed by atoms with Gasteiger partial charge in [0.2, 0.25) is 0 Å². The van der Waals surface area contributed by atoms with Crippen molar-refractivity contribution in [1.29, 1.82) is 0 Å². The van der Waals surface area contributed by atoms with Gasteiger partial charge < -0.3 is 9.47 Å². The molecule has 0 heterocycles. The molecule has 1 atom stereocenters. The van der Waals surface area contributed by atoms with Crippen LogP contribution in [0.25, 0.3) is 0 Å². The summed E-state index contributed by atoms with van der Waals surface area (Å²) in [5.74, 6) is -0.700. The summed E-state index contributed by atoms with van der Waals surface area (Å²) in [7, 11) is 0. The van der Waals surface area contributed by atoms with Crippen LogP contribution >= 0.6 is 15.9 Å². The Morgan fingerprint density at radius 3 is 2.56 bits per heavy atom. The van der Waals surface area contributed by atoms with Crippen LogP contribution in [-0.2, 0) is 19.1 Å². The standard InChI is InChI=1S/C13H15BrO4/c1-9(15)17-7-6-13(18-10(2)16)11-4-3-5-12(14)8-11/h3-5,8,13H,6-7H2,1-2H3. The fraction of sp³-hybridized carbons (Fsp3) is 0.385. The Balaban J connectivity index is 2.71. The van der Waals surface area contributed by atoms with Gasteiger partial charge in [0.05, 0.1) is 6.61 Å². The minimum Gasteiger partial charge on any atom is -0.466 e. The highest BCUT2D eigenvalue weighted by atomic mass is 79.9. The first-order valence-electron chi connectivity index (χ1n) is 5.55. The van der Waals surface area contributed by atoms with Crippen molar-refractivity contribution in [3.63, 3.8) is 0 Å². The Morgan fingerprint density at radius 1 is 1.28 bits per heavy atom. The lowest BCUT2D eigenvalue weighted by Gasteiger charge is -2.17. The maximum atomic E-state index is 11.1. The Morgan fingerprint density at radius 2 is 2.00 bits per heavy atom. The van der Waals surface area contributed by atoms with Crippen LogP contribution in [0.15, 0.2) is 28.7 Å². The normalized spacial score (nSPS) is 11.7. The van der Waals surface area contributed by atoms with Crippen LogP contribution in [0.5, 0.6) is 0 Å². The molecule has 0 aliphatic heterocycles. The maximum Gasteiger partial charge on any atom is 0.303 e. The second-order valence-corrected chi connectivity index (χ2v) is 4.70. The van der Waals surface area contributed by atoms with E-state index in [4.69, 9.17) is 9.47 Å². The van der Waals surface area contributed by atoms with Crippen LogP contribution < -0.4 is 0 Å². The Hall–Kier alpha value is -1.36. The van der Waals surface area contributed by atoms with Crippen LogP contribution in [0.2, 0.25) is 0 Å². The van der Waals surface area contributed by atoms with E-state index in [2.05, 4.69) is 15.9 Å². The van der Waals surface area contributed by atoms with Crippen LogP contribution in [0.1, 0.15) is 31.9 Å². The first kappa shape index (κ1) is 14.7. The van der Waals surface area contributed by atoms with E-state index in [1.54, 1.807) is 0 Å². The van der Waals surface area contributed by atoms with Crippen LogP contribution in [-0.4, -0.2) is 18.5 Å². The molecular weight excluding hydrogens is 300 g/mol. The van der Waals surface area contributed by atoms with Gasteiger partial charge in [0.15, 0.2) is 0 Å². The number of benzene rings is 1. The average molecular weight is 315 g/mol. The number of halogens is 1. The molecule has 0 aromatic heterocycles. The molecule has 0 spiro atoms. The molecule has 98 valence electrons. The molecule has 0 aliphatic carbocycles. The van der Waals surface area contributed by atoms with Gasteiger partial charge in [0.25, 0.3) is 0 Å². The number of esters is 2. The molecule has 0 saturated carbocycles. The molecule has 4 nitrogen and oxygen atoms in total. The summed E-state index contributed by atoms with van der Waals surface area (Å²) < 4.78 is 11.0. The highest BCUT2D eigenvalue weighted by molar-refractivity contribution is 9.10. The fourth-order valence-corrected chi connectivity index (χ4v) is 1.93. The Kier molecular flexibility index (Phi) is 5.85. The fourth-order valence-electron chi connectivity index (χ4n) is 1.51. The van der Waals surface area contributed by atoms with Crippen molar-refractivity contribution in [3.05, 3.63) is 34.3 Å². The van der Waals surface area contributed by atoms with Gasteiger partial charge in [-0.15, -0.1) is 0 Å². The van der Waals surface area contributed by atoms with E-state index in [1.807, 2.05) is 24.3 Å². The lowest BCUT2D eigenvalue weighted by Crippen LogP contribution is -2.12. The highest BCUT2D eigenvalue weighted by Gasteiger charge is 2.15. The smallest absolute Gasteiger partial charge is 0.303 e. The zero-order valence-electron chi connectivity index (χ0n) is 10.3. The molecule has 1 unspecified atom stereocenters. The number of carbonyl (C=O) groups is 2. The molecular formula is C13H15BrO4. The largest absolute Gasteiger partial charge is 0.466 e. The van der Waals surface area contributed by atoms with E-state index in [0.29, 0.717) is 6.42 Å². The van der Waals surface area contributed by atoms with Crippen molar-refractivity contribution in [2.45, 2.75) is 26.4 Å². The predicted octanol–water partition coefficient (Wildman–Crippen LogP) is 3.01. The van der Waals surface area contributed by atoms with E-state index >= 15 is 0 Å². The van der Waals surface area contributed by atoms with Crippen molar-refractivity contribution in [2.75, 3.05) is 6.61 Å². The van der Waals surface area contributed by atoms with E-state index in [9.17, 15) is 9.59 Å². The number of hydrogen-bond donors (Lipinski definition) is 0. The number of ether oxygens (including phenoxy) is 2. The summed E-state index contributed by atoms with van der Waals surface area (Å²) in [5.41, 5.74) is 0.867. The zero-order valence-corrected chi connectivity index (χ0v) is 11.9. The molecule has 1 rings (SSSR count). The van der Waals surface area contributed by atoms with Crippen molar-refractivity contribution in [3.8, 4) is 0 Å². The molecule has 0 aliphatic rings. The van der Waals surface area contributed by atoms with Crippen LogP contribution in [0.3, 0.4) is 0 Å². The van der Waals surface area contributed by atoms with Gasteiger partial charge in [0, 0.05) is 24.7 Å². The second-order valence-electron chi connectivity index (χ2n) is 3.78. The summed E-state index contributed by atoms with van der Waals surface area (Å²) in [5, 5.41) is 0. The highest BCUT2D eigenvalue weighted by Crippen LogP contribution is 2.24. The van der Waals surface area contributed by atoms with Gasteiger partial charge in [-0.05, 0) is 17.7 Å². The van der Waals surface area contributed by atoms with E-state index < -0.39 is 6.10 Å². The van der Waals surface area contributed by atoms with Crippen LogP contribution in [0, 0.1) is 0 Å². The number of hydrogen-bond acceptors (Lipinski definition) is 4. The van der Waals surface area contributed by atoms with Gasteiger partial charge in [-0.25, -0.2) is 0 Å². The third kappa shape index (κ3) is 5.31. The summed E-state index contributed by atoms with van der Waals surface area (Å²) in [4.78, 5) is 21.8. The molecule has 0 fully saturated rings. The van der Waals surface area contributed by atoms with Crippen molar-refractivity contribution in [2.24, 2.45) is 0 Å². The molecule has 1 aromatic rings. The molecule has 5 heteroatoms. The zero-order chi connectivity index (χ0) is 13.5. The summed E-state index contributed by atoms with van der Waals surface area (Å²) in [6.07, 6.45) is 0.0367. The first-order chi connectivity index (χ1) is 8.49. The quantitative estimate of drug-likeness (QED) is 0.784. The second kappa shape index (κ2) is 7.16. The third-order valence-electron chi connectivity index (χ3n) is 2.21. The SMILES string of the molecule is CC(=O)OCCC(OC(C)=O)c1cccc(Br)c1. The monoisotopic (exact) mass is 314 g/mol. The van der Waals surface area contributed by atoms with E-state index in [1.165, 1.54) is 13.8 Å². The molecule has 18 heavy (non-hydrogen) atoms. The lowest BCUT2D eigenvalue weighted by molar-refractivity contribution is -0.149. The minimum absolute atomic E-state index is 0.222. The maximum absolute atomic E-state index is 11.1. The van der Waals surface area contributed by atoms with Gasteiger partial charge in [-0.1, -0.05) is 28.1 Å². The van der Waals surface area contributed by atoms with Gasteiger partial charge >= 0.3 is 11.9 Å². The molecule has 0 bridgehead atoms. The predicted molar refractivity (Wildman–Crippen MR) is 69.9 cm³/mol. The average Bonchev–Trinajstić information content (AvgIpc) is 2.26. The first-order valence-corrected chi connectivity index (χ1v) is 6.34. The third-order valence-corrected chi connectivity index (χ3v) is 2.71.